The molecule has 0 atom stereocenters. The van der Waals surface area contributed by atoms with Crippen molar-refractivity contribution in [1.29, 1.82) is 0 Å². The molecule has 3 aromatic rings. The molecule has 0 N–H and O–H groups in total. The van der Waals surface area contributed by atoms with Crippen molar-refractivity contribution in [2.75, 3.05) is 11.4 Å². The summed E-state index contributed by atoms with van der Waals surface area (Å²) >= 11 is 0. The first kappa shape index (κ1) is 15.3. The van der Waals surface area contributed by atoms with Crippen molar-refractivity contribution in [3.63, 3.8) is 0 Å². The summed E-state index contributed by atoms with van der Waals surface area (Å²) < 4.78 is 5.85. The molecule has 4 rings (SSSR count). The van der Waals surface area contributed by atoms with Gasteiger partial charge in [0.05, 0.1) is 0 Å². The Labute approximate surface area is 145 Å². The van der Waals surface area contributed by atoms with E-state index in [0.717, 1.165) is 17.7 Å². The molecule has 2 aromatic heterocycles. The van der Waals surface area contributed by atoms with Gasteiger partial charge in [0, 0.05) is 30.8 Å². The molecule has 0 bridgehead atoms. The molecule has 0 fully saturated rings. The molecule has 0 saturated carbocycles. The van der Waals surface area contributed by atoms with Gasteiger partial charge in [-0.15, -0.1) is 0 Å². The molecule has 5 heteroatoms. The number of nitrogens with zero attached hydrogens (tertiary/aromatic N) is 3. The van der Waals surface area contributed by atoms with Crippen molar-refractivity contribution in [2.45, 2.75) is 13.0 Å². The number of carbonyl (C=O) groups is 1. The lowest BCUT2D eigenvalue weighted by atomic mass is 10.2. The third-order valence-corrected chi connectivity index (χ3v) is 4.25. The number of rotatable bonds is 4. The highest BCUT2D eigenvalue weighted by Crippen LogP contribution is 2.30. The molecule has 25 heavy (non-hydrogen) atoms. The van der Waals surface area contributed by atoms with Crippen LogP contribution in [-0.2, 0) is 13.0 Å². The lowest BCUT2D eigenvalue weighted by molar-refractivity contribution is 0.0979. The Morgan fingerprint density at radius 3 is 2.76 bits per heavy atom. The monoisotopic (exact) mass is 331 g/mol. The highest BCUT2D eigenvalue weighted by molar-refractivity contribution is 6.07. The fourth-order valence-electron chi connectivity index (χ4n) is 2.98. The summed E-state index contributed by atoms with van der Waals surface area (Å²) in [5, 5.41) is 0. The van der Waals surface area contributed by atoms with E-state index in [4.69, 9.17) is 4.74 Å². The highest BCUT2D eigenvalue weighted by atomic mass is 16.5. The van der Waals surface area contributed by atoms with Crippen LogP contribution in [0.5, 0.6) is 5.75 Å². The van der Waals surface area contributed by atoms with Crippen LogP contribution >= 0.6 is 0 Å². The van der Waals surface area contributed by atoms with E-state index in [2.05, 4.69) is 16.0 Å². The van der Waals surface area contributed by atoms with Gasteiger partial charge >= 0.3 is 0 Å². The van der Waals surface area contributed by atoms with Gasteiger partial charge < -0.3 is 9.64 Å². The first-order valence-corrected chi connectivity index (χ1v) is 8.19. The number of carbonyl (C=O) groups excluding carboxylic acids is 1. The lowest BCUT2D eigenvalue weighted by Crippen LogP contribution is -2.30. The second kappa shape index (κ2) is 6.73. The molecule has 1 aliphatic rings. The molecule has 5 nitrogen and oxygen atoms in total. The van der Waals surface area contributed by atoms with Crippen molar-refractivity contribution < 1.29 is 9.53 Å². The van der Waals surface area contributed by atoms with Gasteiger partial charge in [-0.25, -0.2) is 4.98 Å². The largest absolute Gasteiger partial charge is 0.486 e. The van der Waals surface area contributed by atoms with E-state index in [9.17, 15) is 4.79 Å². The summed E-state index contributed by atoms with van der Waals surface area (Å²) in [6, 6.07) is 15.3. The molecule has 1 amide bonds. The van der Waals surface area contributed by atoms with Crippen LogP contribution in [0.3, 0.4) is 0 Å². The van der Waals surface area contributed by atoms with Gasteiger partial charge in [-0.1, -0.05) is 18.2 Å². The Bertz CT molecular complexity index is 896. The zero-order chi connectivity index (χ0) is 17.1. The van der Waals surface area contributed by atoms with E-state index < -0.39 is 0 Å². The van der Waals surface area contributed by atoms with Crippen LogP contribution < -0.4 is 9.64 Å². The fraction of sp³-hybridized carbons (Fsp3) is 0.150. The average molecular weight is 331 g/mol. The maximum absolute atomic E-state index is 13.0. The normalized spacial score (nSPS) is 12.7. The second-order valence-corrected chi connectivity index (χ2v) is 5.83. The summed E-state index contributed by atoms with van der Waals surface area (Å²) in [5.41, 5.74) is 3.47. The number of hydrogen-bond donors (Lipinski definition) is 0. The molecule has 0 spiro atoms. The van der Waals surface area contributed by atoms with Gasteiger partial charge in [-0.3, -0.25) is 9.78 Å². The third kappa shape index (κ3) is 3.08. The number of para-hydroxylation sites is 1. The maximum Gasteiger partial charge on any atom is 0.280 e. The Morgan fingerprint density at radius 2 is 1.88 bits per heavy atom. The minimum absolute atomic E-state index is 0.129. The fourth-order valence-corrected chi connectivity index (χ4v) is 2.98. The van der Waals surface area contributed by atoms with Crippen LogP contribution in [0, 0.1) is 0 Å². The second-order valence-electron chi connectivity index (χ2n) is 5.83. The molecule has 124 valence electrons. The van der Waals surface area contributed by atoms with Crippen molar-refractivity contribution in [2.24, 2.45) is 0 Å². The third-order valence-electron chi connectivity index (χ3n) is 4.25. The minimum atomic E-state index is -0.129. The predicted molar refractivity (Wildman–Crippen MR) is 94.6 cm³/mol. The molecule has 0 aliphatic carbocycles. The van der Waals surface area contributed by atoms with E-state index in [1.54, 1.807) is 35.6 Å². The topological polar surface area (TPSA) is 55.3 Å². The molecule has 3 heterocycles. The van der Waals surface area contributed by atoms with Gasteiger partial charge in [-0.2, -0.15) is 0 Å². The number of pyridine rings is 2. The van der Waals surface area contributed by atoms with Crippen molar-refractivity contribution >= 4 is 11.6 Å². The summed E-state index contributed by atoms with van der Waals surface area (Å²) in [6.45, 7) is 1.03. The Balaban J connectivity index is 1.58. The number of fused-ring (bicyclic) bond motifs is 1. The molecular weight excluding hydrogens is 314 g/mol. The van der Waals surface area contributed by atoms with E-state index in [1.807, 2.05) is 30.3 Å². The summed E-state index contributed by atoms with van der Waals surface area (Å²) in [4.78, 5) is 23.1. The Morgan fingerprint density at radius 1 is 1.04 bits per heavy atom. The lowest BCUT2D eigenvalue weighted by Gasteiger charge is -2.18. The van der Waals surface area contributed by atoms with E-state index in [1.165, 1.54) is 5.56 Å². The quantitative estimate of drug-likeness (QED) is 0.736. The van der Waals surface area contributed by atoms with Gasteiger partial charge in [-0.05, 0) is 47.9 Å². The average Bonchev–Trinajstić information content (AvgIpc) is 3.11. The number of anilines is 1. The maximum atomic E-state index is 13.0. The van der Waals surface area contributed by atoms with Crippen LogP contribution in [0.25, 0.3) is 0 Å². The Hall–Kier alpha value is -3.21. The molecular formula is C20H17N3O2. The standard InChI is InChI=1S/C20H17N3O2/c24-20(23-13-9-16-4-1-2-5-17(16)23)19-18(6-3-10-22-19)25-14-15-7-11-21-12-8-15/h1-8,10-12H,9,13-14H2. The number of benzene rings is 1. The zero-order valence-corrected chi connectivity index (χ0v) is 13.6. The predicted octanol–water partition coefficient (Wildman–Crippen LogP) is 3.26. The molecule has 0 radical (unpaired) electrons. The number of ether oxygens (including phenoxy) is 1. The number of aromatic nitrogens is 2. The Kier molecular flexibility index (Phi) is 4.12. The highest BCUT2D eigenvalue weighted by Gasteiger charge is 2.28. The number of hydrogen-bond acceptors (Lipinski definition) is 4. The molecule has 1 aromatic carbocycles. The van der Waals surface area contributed by atoms with Crippen molar-refractivity contribution in [3.05, 3.63) is 83.9 Å². The van der Waals surface area contributed by atoms with Crippen molar-refractivity contribution in [1.82, 2.24) is 9.97 Å². The van der Waals surface area contributed by atoms with Crippen LogP contribution in [-0.4, -0.2) is 22.4 Å². The molecule has 0 saturated heterocycles. The first-order chi connectivity index (χ1) is 12.3. The van der Waals surface area contributed by atoms with Crippen LogP contribution in [0.1, 0.15) is 21.6 Å². The summed E-state index contributed by atoms with van der Waals surface area (Å²) in [5.74, 6) is 0.365. The summed E-state index contributed by atoms with van der Waals surface area (Å²) in [7, 11) is 0. The van der Waals surface area contributed by atoms with Crippen LogP contribution in [0.4, 0.5) is 5.69 Å². The van der Waals surface area contributed by atoms with Gasteiger partial charge in [0.2, 0.25) is 0 Å². The van der Waals surface area contributed by atoms with Gasteiger partial charge in [0.1, 0.15) is 6.61 Å². The van der Waals surface area contributed by atoms with Gasteiger partial charge in [0.25, 0.3) is 5.91 Å². The van der Waals surface area contributed by atoms with E-state index >= 15 is 0 Å². The van der Waals surface area contributed by atoms with Crippen LogP contribution in [0.15, 0.2) is 67.1 Å². The van der Waals surface area contributed by atoms with E-state index in [0.29, 0.717) is 24.6 Å². The summed E-state index contributed by atoms with van der Waals surface area (Å²) in [6.07, 6.45) is 5.92. The smallest absolute Gasteiger partial charge is 0.280 e. The first-order valence-electron chi connectivity index (χ1n) is 8.19. The molecule has 1 aliphatic heterocycles. The van der Waals surface area contributed by atoms with E-state index in [-0.39, 0.29) is 5.91 Å². The minimum Gasteiger partial charge on any atom is -0.486 e. The SMILES string of the molecule is O=C(c1ncccc1OCc1ccncc1)N1CCc2ccccc21. The van der Waals surface area contributed by atoms with Gasteiger partial charge in [0.15, 0.2) is 11.4 Å². The molecule has 0 unspecified atom stereocenters. The van der Waals surface area contributed by atoms with Crippen LogP contribution in [0.2, 0.25) is 0 Å². The number of amides is 1. The van der Waals surface area contributed by atoms with Crippen molar-refractivity contribution in [3.8, 4) is 5.75 Å². The zero-order valence-electron chi connectivity index (χ0n) is 13.6.